The van der Waals surface area contributed by atoms with Crippen LogP contribution in [0.25, 0.3) is 21.5 Å². The number of hydrogen-bond acceptors (Lipinski definition) is 19. The van der Waals surface area contributed by atoms with E-state index >= 15 is 0 Å². The summed E-state index contributed by atoms with van der Waals surface area (Å²) in [4.78, 5) is 22.8. The molecule has 0 saturated carbocycles. The zero-order chi connectivity index (χ0) is 38.1. The summed E-state index contributed by atoms with van der Waals surface area (Å²) in [5, 5.41) is 32.3. The first-order valence-corrected chi connectivity index (χ1v) is 18.9. The van der Waals surface area contributed by atoms with Gasteiger partial charge < -0.3 is 40.0 Å². The number of nitrogens with one attached hydrogen (secondary N) is 3. The maximum absolute atomic E-state index is 11.9. The Morgan fingerprint density at radius 2 is 1.23 bits per heavy atom. The number of aromatic nitrogens is 3. The van der Waals surface area contributed by atoms with Gasteiger partial charge in [0.05, 0.1) is 27.4 Å². The summed E-state index contributed by atoms with van der Waals surface area (Å²) in [5.41, 5.74) is 0.702. The summed E-state index contributed by atoms with van der Waals surface area (Å²) in [5.74, 6) is -1.59. The van der Waals surface area contributed by atoms with E-state index in [0.717, 1.165) is 6.07 Å². The van der Waals surface area contributed by atoms with E-state index in [1.807, 2.05) is 0 Å². The molecule has 0 aliphatic rings. The average molecular weight is 891 g/mol. The molecule has 0 radical (unpaired) electrons. The molecular formula is C30H18N6Na4O13S4. The molecule has 6 aromatic rings. The summed E-state index contributed by atoms with van der Waals surface area (Å²) in [6.45, 7) is 0. The quantitative estimate of drug-likeness (QED) is 0.0209. The maximum Gasteiger partial charge on any atom is 1.00 e. The molecule has 5 aromatic carbocycles. The number of fused-ring (bicyclic) bond motifs is 2. The zero-order valence-corrected chi connectivity index (χ0v) is 41.2. The number of aromatic carboxylic acids is 1. The largest absolute Gasteiger partial charge is 1.00 e. The number of carboxylic acids is 1. The van der Waals surface area contributed by atoms with Gasteiger partial charge in [-0.3, -0.25) is 9.25 Å². The van der Waals surface area contributed by atoms with Crippen molar-refractivity contribution in [1.82, 2.24) is 15.0 Å². The normalized spacial score (nSPS) is 11.6. The Bertz CT molecular complexity index is 2700. The molecule has 57 heavy (non-hydrogen) atoms. The van der Waals surface area contributed by atoms with E-state index in [0.29, 0.717) is 34.6 Å². The van der Waals surface area contributed by atoms with Crippen LogP contribution in [0.5, 0.6) is 0 Å². The van der Waals surface area contributed by atoms with Crippen LogP contribution < -0.4 is 139 Å². The summed E-state index contributed by atoms with van der Waals surface area (Å²) in [6.07, 6.45) is 0. The fraction of sp³-hybridized carbons (Fsp3) is 0. The molecule has 1 aromatic heterocycles. The van der Waals surface area contributed by atoms with E-state index in [-0.39, 0.29) is 174 Å². The van der Waals surface area contributed by atoms with E-state index < -0.39 is 47.1 Å². The van der Waals surface area contributed by atoms with Crippen molar-refractivity contribution < 1.29 is 177 Å². The number of carbonyl (C=O) groups is 1. The molecule has 0 aliphatic heterocycles. The van der Waals surface area contributed by atoms with Gasteiger partial charge in [-0.15, -0.1) is 0 Å². The maximum atomic E-state index is 11.9. The van der Waals surface area contributed by atoms with Gasteiger partial charge >= 0.3 is 124 Å². The van der Waals surface area contributed by atoms with Gasteiger partial charge in [0.1, 0.15) is 20.2 Å². The predicted molar refractivity (Wildman–Crippen MR) is 182 cm³/mol. The van der Waals surface area contributed by atoms with Crippen LogP contribution in [0, 0.1) is 0 Å². The van der Waals surface area contributed by atoms with Crippen molar-refractivity contribution in [1.29, 1.82) is 0 Å². The standard InChI is InChI=1S/C30H22N6O13S4.4Na/c37-27(38)15-2-1-3-18(8-15)31-28-34-29(32-19-4-6-23-16(9-19)11-21(50-49-48-39)13-25(23)51(40)41)36-30(35-28)33-20-5-7-24-17(10-20)12-22(52(42,43)44)14-26(24)53(45,46)47;;;;/h1-14,39H,(H,37,38)(H,40,41)(H,42,43,44)(H,45,46,47)(H3,31,32,33,34,35,36);;;;/q;4*+1/p-4. The SMILES string of the molecule is O=C(O)c1cccc(Nc2nc(Nc3ccc4c(S(=O)[O-])cc(SOO[O-])cc4c3)nc(Nc3ccc4c(S(=O)(=O)[O-])cc(S(=O)(=O)[O-])cc4c3)n2)c1.[Na+].[Na+].[Na+].[Na+]. The average Bonchev–Trinajstić information content (AvgIpc) is 3.08. The third kappa shape index (κ3) is 13.3. The van der Waals surface area contributed by atoms with Crippen LogP contribution in [0.3, 0.4) is 0 Å². The van der Waals surface area contributed by atoms with Crippen LogP contribution in [0.4, 0.5) is 34.9 Å². The molecule has 274 valence electrons. The van der Waals surface area contributed by atoms with Gasteiger partial charge in [0.25, 0.3) is 0 Å². The van der Waals surface area contributed by atoms with E-state index in [2.05, 4.69) is 40.3 Å². The van der Waals surface area contributed by atoms with E-state index in [1.54, 1.807) is 12.1 Å². The molecule has 0 fully saturated rings. The Balaban J connectivity index is 0.00000280. The Labute approximate surface area is 418 Å². The van der Waals surface area contributed by atoms with Gasteiger partial charge in [-0.1, -0.05) is 18.2 Å². The molecule has 27 heteroatoms. The van der Waals surface area contributed by atoms with Crippen molar-refractivity contribution in [2.75, 3.05) is 16.0 Å². The van der Waals surface area contributed by atoms with E-state index in [1.165, 1.54) is 60.7 Å². The monoisotopic (exact) mass is 890 g/mol. The number of carboxylic acid groups (broad SMARTS) is 1. The fourth-order valence-corrected chi connectivity index (χ4v) is 7.47. The topological polar surface area (TPSA) is 308 Å². The van der Waals surface area contributed by atoms with E-state index in [9.17, 15) is 49.9 Å². The first kappa shape index (κ1) is 51.8. The van der Waals surface area contributed by atoms with Crippen molar-refractivity contribution in [2.45, 2.75) is 19.6 Å². The Morgan fingerprint density at radius 1 is 0.702 bits per heavy atom. The number of nitrogens with zero attached hydrogens (tertiary/aromatic N) is 3. The smallest absolute Gasteiger partial charge is 0.768 e. The van der Waals surface area contributed by atoms with Crippen LogP contribution >= 0.6 is 12.0 Å². The molecule has 19 nitrogen and oxygen atoms in total. The van der Waals surface area contributed by atoms with Gasteiger partial charge in [0.2, 0.25) is 17.8 Å². The summed E-state index contributed by atoms with van der Waals surface area (Å²) in [6, 6.07) is 18.2. The molecule has 0 amide bonds. The second-order valence-electron chi connectivity index (χ2n) is 10.6. The molecule has 1 heterocycles. The van der Waals surface area contributed by atoms with Crippen molar-refractivity contribution in [2.24, 2.45) is 0 Å². The Kier molecular flexibility index (Phi) is 20.0. The molecule has 4 N–H and O–H groups in total. The first-order valence-electron chi connectivity index (χ1n) is 14.3. The minimum atomic E-state index is -5.21. The van der Waals surface area contributed by atoms with Crippen LogP contribution in [-0.2, 0) is 40.7 Å². The second-order valence-corrected chi connectivity index (χ2v) is 15.1. The summed E-state index contributed by atoms with van der Waals surface area (Å²) in [7, 11) is -10.4. The molecule has 1 unspecified atom stereocenters. The van der Waals surface area contributed by atoms with Crippen molar-refractivity contribution in [3.8, 4) is 0 Å². The van der Waals surface area contributed by atoms with Crippen molar-refractivity contribution in [3.05, 3.63) is 90.5 Å². The number of benzene rings is 5. The third-order valence-corrected chi connectivity index (χ3v) is 10.1. The Hall–Kier alpha value is -1.34. The van der Waals surface area contributed by atoms with E-state index in [4.69, 9.17) is 0 Å². The van der Waals surface area contributed by atoms with Gasteiger partial charge in [-0.25, -0.2) is 21.6 Å². The number of anilines is 6. The molecule has 0 bridgehead atoms. The van der Waals surface area contributed by atoms with Crippen molar-refractivity contribution in [3.63, 3.8) is 0 Å². The first-order chi connectivity index (χ1) is 25.1. The molecule has 6 rings (SSSR count). The van der Waals surface area contributed by atoms with Crippen LogP contribution in [0.15, 0.2) is 105 Å². The fourth-order valence-electron chi connectivity index (χ4n) is 5.02. The van der Waals surface area contributed by atoms with Crippen LogP contribution in [0.2, 0.25) is 0 Å². The molecular weight excluding hydrogens is 873 g/mol. The molecule has 0 aliphatic carbocycles. The van der Waals surface area contributed by atoms with Gasteiger partial charge in [0, 0.05) is 26.9 Å². The van der Waals surface area contributed by atoms with Gasteiger partial charge in [-0.2, -0.15) is 19.3 Å². The van der Waals surface area contributed by atoms with Gasteiger partial charge in [0.15, 0.2) is 0 Å². The molecule has 0 saturated heterocycles. The number of rotatable bonds is 13. The second kappa shape index (κ2) is 22.0. The third-order valence-electron chi connectivity index (χ3n) is 7.19. The predicted octanol–water partition coefficient (Wildman–Crippen LogP) is -8.60. The molecule has 1 atom stereocenters. The van der Waals surface area contributed by atoms with Crippen LogP contribution in [-0.4, -0.2) is 60.7 Å². The van der Waals surface area contributed by atoms with Crippen molar-refractivity contribution >= 4 is 106 Å². The summed E-state index contributed by atoms with van der Waals surface area (Å²) < 4.78 is 99.2. The molecule has 0 spiro atoms. The summed E-state index contributed by atoms with van der Waals surface area (Å²) >= 11 is -2.19. The van der Waals surface area contributed by atoms with Crippen LogP contribution in [0.1, 0.15) is 10.4 Å². The minimum absolute atomic E-state index is 0. The van der Waals surface area contributed by atoms with Gasteiger partial charge in [-0.05, 0) is 99.4 Å². The minimum Gasteiger partial charge on any atom is -0.768 e. The number of hydrogen-bond donors (Lipinski definition) is 4. The zero-order valence-electron chi connectivity index (χ0n) is 29.9. The Morgan fingerprint density at radius 3 is 1.72 bits per heavy atom.